The van der Waals surface area contributed by atoms with Crippen molar-refractivity contribution in [3.63, 3.8) is 0 Å². The average molecular weight is 257 g/mol. The van der Waals surface area contributed by atoms with E-state index in [0.717, 1.165) is 23.4 Å². The van der Waals surface area contributed by atoms with E-state index in [9.17, 15) is 0 Å². The standard InChI is InChI=1S/C15H19N3O/c1-3-11-4-6-12(7-5-11)14-8-10(2)17-15(18-14)13(16)9-19/h4-8,13,19H,3,9,16H2,1-2H3. The Hall–Kier alpha value is -1.78. The van der Waals surface area contributed by atoms with E-state index in [1.165, 1.54) is 5.56 Å². The molecule has 1 aromatic carbocycles. The smallest absolute Gasteiger partial charge is 0.148 e. The Balaban J connectivity index is 2.40. The summed E-state index contributed by atoms with van der Waals surface area (Å²) in [5.74, 6) is 0.483. The SMILES string of the molecule is CCc1ccc(-c2cc(C)nc(C(N)CO)n2)cc1. The van der Waals surface area contributed by atoms with Crippen LogP contribution in [0.15, 0.2) is 30.3 Å². The molecule has 3 N–H and O–H groups in total. The van der Waals surface area contributed by atoms with Crippen LogP contribution in [0.25, 0.3) is 11.3 Å². The lowest BCUT2D eigenvalue weighted by Gasteiger charge is -2.10. The second-order valence-electron chi connectivity index (χ2n) is 4.59. The Morgan fingerprint density at radius 1 is 1.21 bits per heavy atom. The van der Waals surface area contributed by atoms with E-state index in [-0.39, 0.29) is 6.61 Å². The van der Waals surface area contributed by atoms with Crippen molar-refractivity contribution >= 4 is 0 Å². The van der Waals surface area contributed by atoms with Gasteiger partial charge in [-0.05, 0) is 25.0 Å². The molecule has 0 saturated carbocycles. The highest BCUT2D eigenvalue weighted by molar-refractivity contribution is 5.59. The molecule has 19 heavy (non-hydrogen) atoms. The van der Waals surface area contributed by atoms with Crippen LogP contribution in [0, 0.1) is 6.92 Å². The molecular formula is C15H19N3O. The zero-order chi connectivity index (χ0) is 13.8. The maximum Gasteiger partial charge on any atom is 0.148 e. The van der Waals surface area contributed by atoms with E-state index in [2.05, 4.69) is 41.2 Å². The van der Waals surface area contributed by atoms with Crippen molar-refractivity contribution in [2.45, 2.75) is 26.3 Å². The molecule has 0 bridgehead atoms. The molecule has 100 valence electrons. The van der Waals surface area contributed by atoms with Crippen LogP contribution < -0.4 is 5.73 Å². The Morgan fingerprint density at radius 3 is 2.47 bits per heavy atom. The minimum atomic E-state index is -0.534. The number of benzene rings is 1. The lowest BCUT2D eigenvalue weighted by molar-refractivity contribution is 0.263. The number of aliphatic hydroxyl groups excluding tert-OH is 1. The molecule has 0 aliphatic rings. The van der Waals surface area contributed by atoms with Gasteiger partial charge in [-0.1, -0.05) is 31.2 Å². The summed E-state index contributed by atoms with van der Waals surface area (Å²) < 4.78 is 0. The van der Waals surface area contributed by atoms with Gasteiger partial charge in [0.1, 0.15) is 5.82 Å². The van der Waals surface area contributed by atoms with Crippen LogP contribution in [0.2, 0.25) is 0 Å². The molecule has 0 aliphatic carbocycles. The van der Waals surface area contributed by atoms with Crippen LogP contribution in [0.5, 0.6) is 0 Å². The minimum absolute atomic E-state index is 0.155. The van der Waals surface area contributed by atoms with Crippen LogP contribution in [0.3, 0.4) is 0 Å². The topological polar surface area (TPSA) is 72.0 Å². The van der Waals surface area contributed by atoms with Crippen molar-refractivity contribution in [3.8, 4) is 11.3 Å². The van der Waals surface area contributed by atoms with E-state index in [1.54, 1.807) is 0 Å². The van der Waals surface area contributed by atoms with Crippen LogP contribution in [0.1, 0.15) is 30.0 Å². The summed E-state index contributed by atoms with van der Waals surface area (Å²) in [4.78, 5) is 8.70. The lowest BCUT2D eigenvalue weighted by Crippen LogP contribution is -2.18. The number of hydrogen-bond donors (Lipinski definition) is 2. The van der Waals surface area contributed by atoms with E-state index in [4.69, 9.17) is 10.8 Å². The second kappa shape index (κ2) is 5.91. The Bertz CT molecular complexity index is 552. The minimum Gasteiger partial charge on any atom is -0.394 e. The van der Waals surface area contributed by atoms with Crippen molar-refractivity contribution in [2.75, 3.05) is 6.61 Å². The van der Waals surface area contributed by atoms with Crippen LogP contribution in [0.4, 0.5) is 0 Å². The maximum absolute atomic E-state index is 9.10. The highest BCUT2D eigenvalue weighted by Crippen LogP contribution is 2.20. The molecule has 0 amide bonds. The number of aryl methyl sites for hydroxylation is 2. The summed E-state index contributed by atoms with van der Waals surface area (Å²) in [6, 6.07) is 9.68. The van der Waals surface area contributed by atoms with Crippen molar-refractivity contribution in [2.24, 2.45) is 5.73 Å². The van der Waals surface area contributed by atoms with Crippen LogP contribution in [-0.4, -0.2) is 21.7 Å². The summed E-state index contributed by atoms with van der Waals surface area (Å²) in [7, 11) is 0. The molecular weight excluding hydrogens is 238 g/mol. The van der Waals surface area contributed by atoms with Crippen molar-refractivity contribution in [1.29, 1.82) is 0 Å². The molecule has 0 spiro atoms. The summed E-state index contributed by atoms with van der Waals surface area (Å²) >= 11 is 0. The van der Waals surface area contributed by atoms with Crippen molar-refractivity contribution in [1.82, 2.24) is 9.97 Å². The van der Waals surface area contributed by atoms with Gasteiger partial charge in [0.2, 0.25) is 0 Å². The maximum atomic E-state index is 9.10. The van der Waals surface area contributed by atoms with Gasteiger partial charge in [0.25, 0.3) is 0 Å². The number of hydrogen-bond acceptors (Lipinski definition) is 4. The molecule has 1 atom stereocenters. The molecule has 4 nitrogen and oxygen atoms in total. The van der Waals surface area contributed by atoms with Gasteiger partial charge in [0, 0.05) is 11.3 Å². The quantitative estimate of drug-likeness (QED) is 0.878. The molecule has 0 radical (unpaired) electrons. The third-order valence-electron chi connectivity index (χ3n) is 3.06. The van der Waals surface area contributed by atoms with Gasteiger partial charge < -0.3 is 10.8 Å². The number of nitrogens with zero attached hydrogens (tertiary/aromatic N) is 2. The molecule has 1 aromatic heterocycles. The van der Waals surface area contributed by atoms with Crippen LogP contribution >= 0.6 is 0 Å². The number of aliphatic hydroxyl groups is 1. The van der Waals surface area contributed by atoms with E-state index < -0.39 is 6.04 Å². The number of rotatable bonds is 4. The molecule has 0 saturated heterocycles. The first kappa shape index (κ1) is 13.6. The average Bonchev–Trinajstić information content (AvgIpc) is 2.45. The first-order valence-electron chi connectivity index (χ1n) is 6.45. The lowest BCUT2D eigenvalue weighted by atomic mass is 10.1. The fraction of sp³-hybridized carbons (Fsp3) is 0.333. The van der Waals surface area contributed by atoms with Gasteiger partial charge in [-0.25, -0.2) is 9.97 Å². The molecule has 1 unspecified atom stereocenters. The third kappa shape index (κ3) is 3.16. The van der Waals surface area contributed by atoms with Gasteiger partial charge in [0.05, 0.1) is 18.3 Å². The van der Waals surface area contributed by atoms with Gasteiger partial charge >= 0.3 is 0 Å². The summed E-state index contributed by atoms with van der Waals surface area (Å²) in [5.41, 5.74) is 9.80. The molecule has 2 rings (SSSR count). The normalized spacial score (nSPS) is 12.4. The van der Waals surface area contributed by atoms with Gasteiger partial charge in [0.15, 0.2) is 0 Å². The van der Waals surface area contributed by atoms with Crippen molar-refractivity contribution in [3.05, 3.63) is 47.4 Å². The van der Waals surface area contributed by atoms with E-state index in [0.29, 0.717) is 5.82 Å². The predicted molar refractivity (Wildman–Crippen MR) is 75.6 cm³/mol. The Kier molecular flexibility index (Phi) is 4.24. The summed E-state index contributed by atoms with van der Waals surface area (Å²) in [6.07, 6.45) is 1.02. The van der Waals surface area contributed by atoms with Crippen LogP contribution in [-0.2, 0) is 6.42 Å². The first-order chi connectivity index (χ1) is 9.13. The fourth-order valence-electron chi connectivity index (χ4n) is 1.90. The molecule has 1 heterocycles. The number of aromatic nitrogens is 2. The molecule has 0 fully saturated rings. The highest BCUT2D eigenvalue weighted by Gasteiger charge is 2.11. The summed E-state index contributed by atoms with van der Waals surface area (Å²) in [6.45, 7) is 3.87. The van der Waals surface area contributed by atoms with E-state index in [1.807, 2.05) is 13.0 Å². The summed E-state index contributed by atoms with van der Waals surface area (Å²) in [5, 5.41) is 9.10. The highest BCUT2D eigenvalue weighted by atomic mass is 16.3. The number of nitrogens with two attached hydrogens (primary N) is 1. The Labute approximate surface area is 113 Å². The third-order valence-corrected chi connectivity index (χ3v) is 3.06. The first-order valence-corrected chi connectivity index (χ1v) is 6.45. The second-order valence-corrected chi connectivity index (χ2v) is 4.59. The van der Waals surface area contributed by atoms with Gasteiger partial charge in [-0.3, -0.25) is 0 Å². The largest absolute Gasteiger partial charge is 0.394 e. The molecule has 0 aliphatic heterocycles. The zero-order valence-corrected chi connectivity index (χ0v) is 11.3. The van der Waals surface area contributed by atoms with Gasteiger partial charge in [-0.2, -0.15) is 0 Å². The fourth-order valence-corrected chi connectivity index (χ4v) is 1.90. The van der Waals surface area contributed by atoms with E-state index >= 15 is 0 Å². The zero-order valence-electron chi connectivity index (χ0n) is 11.3. The molecule has 4 heteroatoms. The monoisotopic (exact) mass is 257 g/mol. The van der Waals surface area contributed by atoms with Gasteiger partial charge in [-0.15, -0.1) is 0 Å². The predicted octanol–water partition coefficient (Wildman–Crippen LogP) is 2.01. The van der Waals surface area contributed by atoms with Crippen molar-refractivity contribution < 1.29 is 5.11 Å². The molecule has 2 aromatic rings. The Morgan fingerprint density at radius 2 is 1.89 bits per heavy atom.